The zero-order chi connectivity index (χ0) is 22.8. The topological polar surface area (TPSA) is 106 Å². The van der Waals surface area contributed by atoms with Gasteiger partial charge in [-0.2, -0.15) is 13.2 Å². The van der Waals surface area contributed by atoms with Gasteiger partial charge in [-0.3, -0.25) is 0 Å². The molecule has 0 bridgehead atoms. The van der Waals surface area contributed by atoms with Crippen LogP contribution in [-0.4, -0.2) is 43.6 Å². The van der Waals surface area contributed by atoms with Crippen LogP contribution in [0, 0.1) is 0 Å². The van der Waals surface area contributed by atoms with Crippen molar-refractivity contribution in [2.75, 3.05) is 17.3 Å². The van der Waals surface area contributed by atoms with Gasteiger partial charge in [-0.05, 0) is 44.9 Å². The molecule has 0 saturated carbocycles. The van der Waals surface area contributed by atoms with Crippen molar-refractivity contribution >= 4 is 31.2 Å². The van der Waals surface area contributed by atoms with Crippen LogP contribution in [0.4, 0.5) is 24.7 Å². The Balaban J connectivity index is 2.36. The van der Waals surface area contributed by atoms with Crippen LogP contribution in [-0.2, 0) is 25.9 Å². The minimum atomic E-state index is -4.56. The maximum Gasteiger partial charge on any atom is 0.416 e. The maximum atomic E-state index is 13.2. The standard InChI is InChI=1S/C18H22F3N3O4S2/c1-17(2,8-5-9-29(3,25)26)30(27,28)15-11-22-12-23-16(15)24-14-7-4-6-13(10-14)18(19,20)21/h4,6-7,10-12H,5,8-9H2,1-3H3,(H,22,23,24). The first-order chi connectivity index (χ1) is 13.6. The van der Waals surface area contributed by atoms with Crippen LogP contribution >= 0.6 is 0 Å². The quantitative estimate of drug-likeness (QED) is 0.635. The van der Waals surface area contributed by atoms with Crippen LogP contribution in [0.5, 0.6) is 0 Å². The summed E-state index contributed by atoms with van der Waals surface area (Å²) in [5.74, 6) is -0.326. The summed E-state index contributed by atoms with van der Waals surface area (Å²) in [6, 6.07) is 4.28. The number of nitrogens with zero attached hydrogens (tertiary/aromatic N) is 2. The van der Waals surface area contributed by atoms with E-state index in [0.29, 0.717) is 0 Å². The molecule has 0 fully saturated rings. The number of hydrogen-bond donors (Lipinski definition) is 1. The first-order valence-corrected chi connectivity index (χ1v) is 12.3. The third-order valence-corrected chi connectivity index (χ3v) is 8.01. The Morgan fingerprint density at radius 2 is 1.77 bits per heavy atom. The second-order valence-corrected chi connectivity index (χ2v) is 12.2. The fraction of sp³-hybridized carbons (Fsp3) is 0.444. The second kappa shape index (κ2) is 8.50. The fourth-order valence-corrected chi connectivity index (χ4v) is 4.94. The predicted octanol–water partition coefficient (Wildman–Crippen LogP) is 3.62. The molecule has 0 unspecified atom stereocenters. The van der Waals surface area contributed by atoms with Crippen LogP contribution in [0.1, 0.15) is 32.3 Å². The molecule has 1 N–H and O–H groups in total. The fourth-order valence-electron chi connectivity index (χ4n) is 2.71. The molecule has 2 rings (SSSR count). The molecule has 1 heterocycles. The summed E-state index contributed by atoms with van der Waals surface area (Å²) >= 11 is 0. The molecule has 166 valence electrons. The molecule has 0 aliphatic rings. The van der Waals surface area contributed by atoms with Crippen molar-refractivity contribution in [2.24, 2.45) is 0 Å². The van der Waals surface area contributed by atoms with Crippen LogP contribution in [0.3, 0.4) is 0 Å². The summed E-state index contributed by atoms with van der Waals surface area (Å²) in [4.78, 5) is 7.34. The smallest absolute Gasteiger partial charge is 0.339 e. The number of hydrogen-bond acceptors (Lipinski definition) is 7. The van der Waals surface area contributed by atoms with Crippen LogP contribution in [0.15, 0.2) is 41.7 Å². The van der Waals surface area contributed by atoms with Crippen molar-refractivity contribution in [2.45, 2.75) is 42.5 Å². The van der Waals surface area contributed by atoms with E-state index < -0.39 is 36.2 Å². The van der Waals surface area contributed by atoms with E-state index in [-0.39, 0.29) is 35.0 Å². The highest BCUT2D eigenvalue weighted by molar-refractivity contribution is 7.93. The molecular weight excluding hydrogens is 443 g/mol. The average Bonchev–Trinajstić information content (AvgIpc) is 2.60. The minimum absolute atomic E-state index is 0.00913. The molecule has 0 saturated heterocycles. The monoisotopic (exact) mass is 465 g/mol. The minimum Gasteiger partial charge on any atom is -0.339 e. The lowest BCUT2D eigenvalue weighted by molar-refractivity contribution is -0.137. The number of halogens is 3. The summed E-state index contributed by atoms with van der Waals surface area (Å²) in [5.41, 5.74) is -0.887. The van der Waals surface area contributed by atoms with Gasteiger partial charge in [0.1, 0.15) is 21.1 Å². The molecule has 30 heavy (non-hydrogen) atoms. The normalized spacial score (nSPS) is 13.3. The van der Waals surface area contributed by atoms with Gasteiger partial charge in [-0.25, -0.2) is 26.8 Å². The Morgan fingerprint density at radius 3 is 2.37 bits per heavy atom. The van der Waals surface area contributed by atoms with Crippen molar-refractivity contribution in [3.05, 3.63) is 42.4 Å². The molecule has 0 spiro atoms. The van der Waals surface area contributed by atoms with Crippen LogP contribution in [0.2, 0.25) is 0 Å². The number of alkyl halides is 3. The molecule has 2 aromatic rings. The highest BCUT2D eigenvalue weighted by Crippen LogP contribution is 2.35. The van der Waals surface area contributed by atoms with Gasteiger partial charge in [0.15, 0.2) is 15.7 Å². The summed E-state index contributed by atoms with van der Waals surface area (Å²) in [5, 5.41) is 2.62. The van der Waals surface area contributed by atoms with Crippen molar-refractivity contribution in [3.8, 4) is 0 Å². The van der Waals surface area contributed by atoms with E-state index in [1.165, 1.54) is 26.0 Å². The number of anilines is 2. The van der Waals surface area contributed by atoms with Gasteiger partial charge in [-0.1, -0.05) is 6.07 Å². The van der Waals surface area contributed by atoms with Crippen LogP contribution < -0.4 is 5.32 Å². The zero-order valence-corrected chi connectivity index (χ0v) is 18.2. The van der Waals surface area contributed by atoms with Gasteiger partial charge in [0.25, 0.3) is 0 Å². The van der Waals surface area contributed by atoms with E-state index in [9.17, 15) is 30.0 Å². The average molecular weight is 466 g/mol. The third-order valence-electron chi connectivity index (χ3n) is 4.44. The van der Waals surface area contributed by atoms with E-state index in [1.54, 1.807) is 0 Å². The van der Waals surface area contributed by atoms with Crippen molar-refractivity contribution < 1.29 is 30.0 Å². The van der Waals surface area contributed by atoms with Gasteiger partial charge in [0, 0.05) is 17.7 Å². The Bertz CT molecular complexity index is 1120. The Hall–Kier alpha value is -2.21. The molecule has 7 nitrogen and oxygen atoms in total. The van der Waals surface area contributed by atoms with Gasteiger partial charge >= 0.3 is 6.18 Å². The molecule has 1 aromatic heterocycles. The lowest BCUT2D eigenvalue weighted by atomic mass is 10.1. The molecule has 0 aliphatic carbocycles. The number of nitrogens with one attached hydrogen (secondary N) is 1. The van der Waals surface area contributed by atoms with E-state index in [1.807, 2.05) is 0 Å². The molecule has 0 atom stereocenters. The Labute approximate surface area is 173 Å². The maximum absolute atomic E-state index is 13.2. The number of aromatic nitrogens is 2. The highest BCUT2D eigenvalue weighted by atomic mass is 32.2. The molecule has 0 aliphatic heterocycles. The van der Waals surface area contributed by atoms with E-state index in [4.69, 9.17) is 0 Å². The van der Waals surface area contributed by atoms with Gasteiger partial charge < -0.3 is 5.32 Å². The number of rotatable bonds is 8. The first kappa shape index (κ1) is 24.1. The SMILES string of the molecule is CC(C)(CCCS(C)(=O)=O)S(=O)(=O)c1cncnc1Nc1cccc(C(F)(F)F)c1. The van der Waals surface area contributed by atoms with E-state index in [2.05, 4.69) is 15.3 Å². The molecule has 1 aromatic carbocycles. The van der Waals surface area contributed by atoms with Crippen molar-refractivity contribution in [1.29, 1.82) is 0 Å². The van der Waals surface area contributed by atoms with Crippen LogP contribution in [0.25, 0.3) is 0 Å². The largest absolute Gasteiger partial charge is 0.416 e. The number of sulfone groups is 2. The summed E-state index contributed by atoms with van der Waals surface area (Å²) in [6.45, 7) is 2.90. The van der Waals surface area contributed by atoms with E-state index in [0.717, 1.165) is 30.9 Å². The molecule has 12 heteroatoms. The molecule has 0 radical (unpaired) electrons. The zero-order valence-electron chi connectivity index (χ0n) is 16.6. The van der Waals surface area contributed by atoms with Crippen molar-refractivity contribution in [3.63, 3.8) is 0 Å². The lowest BCUT2D eigenvalue weighted by Gasteiger charge is -2.25. The van der Waals surface area contributed by atoms with Crippen molar-refractivity contribution in [1.82, 2.24) is 9.97 Å². The van der Waals surface area contributed by atoms with Gasteiger partial charge in [-0.15, -0.1) is 0 Å². The second-order valence-electron chi connectivity index (χ2n) is 7.44. The Morgan fingerprint density at radius 1 is 1.10 bits per heavy atom. The first-order valence-electron chi connectivity index (χ1n) is 8.80. The molecular formula is C18H22F3N3O4S2. The summed E-state index contributed by atoms with van der Waals surface area (Å²) in [6.07, 6.45) is -1.16. The van der Waals surface area contributed by atoms with E-state index >= 15 is 0 Å². The third kappa shape index (κ3) is 5.91. The molecule has 0 amide bonds. The Kier molecular flexibility index (Phi) is 6.82. The predicted molar refractivity (Wildman–Crippen MR) is 107 cm³/mol. The number of benzene rings is 1. The summed E-state index contributed by atoms with van der Waals surface area (Å²) in [7, 11) is -7.30. The van der Waals surface area contributed by atoms with Gasteiger partial charge in [0.2, 0.25) is 0 Å². The summed E-state index contributed by atoms with van der Waals surface area (Å²) < 4.78 is 86.5. The lowest BCUT2D eigenvalue weighted by Crippen LogP contribution is -2.33. The van der Waals surface area contributed by atoms with Gasteiger partial charge in [0.05, 0.1) is 16.5 Å². The highest BCUT2D eigenvalue weighted by Gasteiger charge is 2.38.